The Bertz CT molecular complexity index is 374. The molecule has 0 saturated heterocycles. The van der Waals surface area contributed by atoms with Crippen LogP contribution in [0.5, 0.6) is 0 Å². The van der Waals surface area contributed by atoms with Crippen LogP contribution in [0.1, 0.15) is 31.7 Å². The lowest BCUT2D eigenvalue weighted by Crippen LogP contribution is -2.30. The Morgan fingerprint density at radius 2 is 2.00 bits per heavy atom. The number of amides is 1. The molecule has 19 heavy (non-hydrogen) atoms. The van der Waals surface area contributed by atoms with Crippen LogP contribution in [-0.2, 0) is 11.2 Å². The fourth-order valence-electron chi connectivity index (χ4n) is 2.02. The van der Waals surface area contributed by atoms with Gasteiger partial charge in [0.25, 0.3) is 0 Å². The average Bonchev–Trinajstić information content (AvgIpc) is 2.39. The molecule has 0 saturated carbocycles. The van der Waals surface area contributed by atoms with Gasteiger partial charge in [-0.15, -0.1) is 11.6 Å². The van der Waals surface area contributed by atoms with Crippen molar-refractivity contribution < 1.29 is 4.79 Å². The second-order valence-corrected chi connectivity index (χ2v) is 6.03. The van der Waals surface area contributed by atoms with Crippen molar-refractivity contribution >= 4 is 33.4 Å². The molecule has 0 aromatic heterocycles. The molecule has 2 nitrogen and oxygen atoms in total. The number of hydrogen-bond donors (Lipinski definition) is 1. The maximum atomic E-state index is 11.9. The van der Waals surface area contributed by atoms with Gasteiger partial charge in [-0.3, -0.25) is 4.79 Å². The molecule has 0 aliphatic heterocycles. The summed E-state index contributed by atoms with van der Waals surface area (Å²) < 4.78 is 1.03. The van der Waals surface area contributed by atoms with E-state index >= 15 is 0 Å². The van der Waals surface area contributed by atoms with Gasteiger partial charge in [-0.05, 0) is 36.5 Å². The van der Waals surface area contributed by atoms with E-state index in [4.69, 9.17) is 11.6 Å². The Hall–Kier alpha value is -0.540. The molecule has 1 aromatic rings. The van der Waals surface area contributed by atoms with Crippen molar-refractivity contribution in [1.29, 1.82) is 0 Å². The number of nitrogens with one attached hydrogen (secondary N) is 1. The van der Waals surface area contributed by atoms with Gasteiger partial charge in [0.2, 0.25) is 5.91 Å². The molecule has 0 heterocycles. The molecule has 1 unspecified atom stereocenters. The van der Waals surface area contributed by atoms with Crippen molar-refractivity contribution in [2.75, 3.05) is 12.4 Å². The predicted molar refractivity (Wildman–Crippen MR) is 84.6 cm³/mol. The molecule has 0 radical (unpaired) electrons. The number of hydrogen-bond acceptors (Lipinski definition) is 1. The van der Waals surface area contributed by atoms with Crippen LogP contribution in [-0.4, -0.2) is 18.3 Å². The molecule has 0 spiro atoms. The van der Waals surface area contributed by atoms with Crippen molar-refractivity contribution in [2.45, 2.75) is 32.6 Å². The Morgan fingerprint density at radius 3 is 2.58 bits per heavy atom. The largest absolute Gasteiger partial charge is 0.356 e. The number of alkyl halides is 1. The van der Waals surface area contributed by atoms with Crippen LogP contribution in [0.2, 0.25) is 0 Å². The minimum atomic E-state index is 0.0815. The molecule has 1 N–H and O–H groups in total. The van der Waals surface area contributed by atoms with Gasteiger partial charge in [-0.25, -0.2) is 0 Å². The minimum Gasteiger partial charge on any atom is -0.356 e. The Balaban J connectivity index is 2.35. The van der Waals surface area contributed by atoms with Gasteiger partial charge in [-0.2, -0.15) is 0 Å². The molecule has 0 fully saturated rings. The summed E-state index contributed by atoms with van der Waals surface area (Å²) in [6.45, 7) is 2.89. The summed E-state index contributed by atoms with van der Waals surface area (Å²) >= 11 is 9.16. The molecule has 106 valence electrons. The van der Waals surface area contributed by atoms with E-state index in [2.05, 4.69) is 28.2 Å². The Kier molecular flexibility index (Phi) is 8.15. The van der Waals surface area contributed by atoms with Gasteiger partial charge in [0.1, 0.15) is 0 Å². The standard InChI is InChI=1S/C15H21BrClNO/c1-2-3-13(8-9-17)11-18-15(19)10-12-4-6-14(16)7-5-12/h4-7,13H,2-3,8-11H2,1H3,(H,18,19). The third-order valence-corrected chi connectivity index (χ3v) is 3.83. The lowest BCUT2D eigenvalue weighted by molar-refractivity contribution is -0.120. The third kappa shape index (κ3) is 6.98. The van der Waals surface area contributed by atoms with Crippen LogP contribution in [0.4, 0.5) is 0 Å². The first-order chi connectivity index (χ1) is 9.15. The molecule has 1 atom stereocenters. The smallest absolute Gasteiger partial charge is 0.224 e. The molecular weight excluding hydrogens is 326 g/mol. The normalized spacial score (nSPS) is 12.2. The maximum absolute atomic E-state index is 11.9. The summed E-state index contributed by atoms with van der Waals surface area (Å²) in [7, 11) is 0. The maximum Gasteiger partial charge on any atom is 0.224 e. The Morgan fingerprint density at radius 1 is 1.32 bits per heavy atom. The molecular formula is C15H21BrClNO. The third-order valence-electron chi connectivity index (χ3n) is 3.08. The van der Waals surface area contributed by atoms with Crippen LogP contribution >= 0.6 is 27.5 Å². The monoisotopic (exact) mass is 345 g/mol. The summed E-state index contributed by atoms with van der Waals surface area (Å²) in [6.07, 6.45) is 3.65. The number of rotatable bonds is 8. The van der Waals surface area contributed by atoms with E-state index in [1.54, 1.807) is 0 Å². The van der Waals surface area contributed by atoms with E-state index < -0.39 is 0 Å². The van der Waals surface area contributed by atoms with E-state index in [0.29, 0.717) is 18.2 Å². The molecule has 1 aromatic carbocycles. The molecule has 0 aliphatic carbocycles. The lowest BCUT2D eigenvalue weighted by Gasteiger charge is -2.15. The summed E-state index contributed by atoms with van der Waals surface area (Å²) in [5.74, 6) is 1.24. The quantitative estimate of drug-likeness (QED) is 0.704. The van der Waals surface area contributed by atoms with Crippen molar-refractivity contribution in [1.82, 2.24) is 5.32 Å². The van der Waals surface area contributed by atoms with Gasteiger partial charge in [0.05, 0.1) is 6.42 Å². The highest BCUT2D eigenvalue weighted by molar-refractivity contribution is 9.10. The average molecular weight is 347 g/mol. The van der Waals surface area contributed by atoms with E-state index in [0.717, 1.165) is 35.8 Å². The summed E-state index contributed by atoms with van der Waals surface area (Å²) in [4.78, 5) is 11.9. The minimum absolute atomic E-state index is 0.0815. The second kappa shape index (κ2) is 9.38. The number of halogens is 2. The zero-order valence-corrected chi connectivity index (χ0v) is 13.6. The highest BCUT2D eigenvalue weighted by atomic mass is 79.9. The molecule has 4 heteroatoms. The first kappa shape index (κ1) is 16.5. The fraction of sp³-hybridized carbons (Fsp3) is 0.533. The zero-order valence-electron chi connectivity index (χ0n) is 11.3. The topological polar surface area (TPSA) is 29.1 Å². The van der Waals surface area contributed by atoms with Gasteiger partial charge >= 0.3 is 0 Å². The van der Waals surface area contributed by atoms with Crippen molar-refractivity contribution in [2.24, 2.45) is 5.92 Å². The van der Waals surface area contributed by atoms with Crippen molar-refractivity contribution in [3.8, 4) is 0 Å². The number of carbonyl (C=O) groups excluding carboxylic acids is 1. The highest BCUT2D eigenvalue weighted by Gasteiger charge is 2.09. The SMILES string of the molecule is CCCC(CCCl)CNC(=O)Cc1ccc(Br)cc1. The number of benzene rings is 1. The fourth-order valence-corrected chi connectivity index (χ4v) is 2.59. The van der Waals surface area contributed by atoms with Crippen molar-refractivity contribution in [3.63, 3.8) is 0 Å². The van der Waals surface area contributed by atoms with Crippen molar-refractivity contribution in [3.05, 3.63) is 34.3 Å². The second-order valence-electron chi connectivity index (χ2n) is 4.74. The summed E-state index contributed by atoms with van der Waals surface area (Å²) in [5, 5.41) is 3.01. The van der Waals surface area contributed by atoms with E-state index in [1.807, 2.05) is 24.3 Å². The molecule has 1 amide bonds. The van der Waals surface area contributed by atoms with E-state index in [1.165, 1.54) is 0 Å². The van der Waals surface area contributed by atoms with Gasteiger partial charge in [0, 0.05) is 16.9 Å². The molecule has 0 aliphatic rings. The van der Waals surface area contributed by atoms with Gasteiger partial charge < -0.3 is 5.32 Å². The molecule has 1 rings (SSSR count). The first-order valence-electron chi connectivity index (χ1n) is 6.72. The van der Waals surface area contributed by atoms with E-state index in [9.17, 15) is 4.79 Å². The van der Waals surface area contributed by atoms with Crippen LogP contribution < -0.4 is 5.32 Å². The Labute approximate surface area is 129 Å². The lowest BCUT2D eigenvalue weighted by atomic mass is 10.0. The van der Waals surface area contributed by atoms with Crippen LogP contribution in [0.3, 0.4) is 0 Å². The molecule has 0 bridgehead atoms. The van der Waals surface area contributed by atoms with E-state index in [-0.39, 0.29) is 5.91 Å². The summed E-state index contributed by atoms with van der Waals surface area (Å²) in [5.41, 5.74) is 1.03. The van der Waals surface area contributed by atoms with Crippen LogP contribution in [0.25, 0.3) is 0 Å². The predicted octanol–water partition coefficient (Wildman–Crippen LogP) is 4.15. The van der Waals surface area contributed by atoms with Crippen LogP contribution in [0.15, 0.2) is 28.7 Å². The highest BCUT2D eigenvalue weighted by Crippen LogP contribution is 2.12. The summed E-state index contributed by atoms with van der Waals surface area (Å²) in [6, 6.07) is 7.84. The number of carbonyl (C=O) groups is 1. The van der Waals surface area contributed by atoms with Crippen LogP contribution in [0, 0.1) is 5.92 Å². The van der Waals surface area contributed by atoms with Gasteiger partial charge in [-0.1, -0.05) is 41.4 Å². The zero-order chi connectivity index (χ0) is 14.1. The van der Waals surface area contributed by atoms with Gasteiger partial charge in [0.15, 0.2) is 0 Å². The first-order valence-corrected chi connectivity index (χ1v) is 8.05.